The van der Waals surface area contributed by atoms with Crippen molar-refractivity contribution in [3.05, 3.63) is 56.0 Å². The van der Waals surface area contributed by atoms with Crippen molar-refractivity contribution in [1.82, 2.24) is 10.3 Å². The molecule has 19 heavy (non-hydrogen) atoms. The van der Waals surface area contributed by atoms with Gasteiger partial charge in [0.2, 0.25) is 0 Å². The molecule has 0 bridgehead atoms. The van der Waals surface area contributed by atoms with E-state index in [2.05, 4.69) is 17.2 Å². The molecule has 0 radical (unpaired) electrons. The number of nitrogens with zero attached hydrogens (tertiary/aromatic N) is 2. The Bertz CT molecular complexity index is 569. The molecular formula is C13H15N3O2S. The lowest BCUT2D eigenvalue weighted by Gasteiger charge is -2.02. The third kappa shape index (κ3) is 3.84. The Morgan fingerprint density at radius 2 is 2.26 bits per heavy atom. The monoisotopic (exact) mass is 277 g/mol. The summed E-state index contributed by atoms with van der Waals surface area (Å²) in [6, 6.07) is 6.66. The van der Waals surface area contributed by atoms with Crippen LogP contribution in [0.1, 0.15) is 22.4 Å². The molecule has 1 heterocycles. The largest absolute Gasteiger partial charge is 0.306 e. The molecule has 1 aromatic heterocycles. The van der Waals surface area contributed by atoms with Crippen molar-refractivity contribution >= 4 is 17.0 Å². The van der Waals surface area contributed by atoms with E-state index in [0.717, 1.165) is 17.0 Å². The smallest absolute Gasteiger partial charge is 0.269 e. The molecule has 0 saturated carbocycles. The van der Waals surface area contributed by atoms with Crippen molar-refractivity contribution in [2.24, 2.45) is 0 Å². The van der Waals surface area contributed by atoms with E-state index in [1.165, 1.54) is 10.9 Å². The second-order valence-electron chi connectivity index (χ2n) is 4.10. The highest BCUT2D eigenvalue weighted by Crippen LogP contribution is 2.14. The summed E-state index contributed by atoms with van der Waals surface area (Å²) in [5, 5.41) is 15.0. The lowest BCUT2D eigenvalue weighted by molar-refractivity contribution is -0.384. The zero-order chi connectivity index (χ0) is 13.7. The molecule has 5 nitrogen and oxygen atoms in total. The molecule has 1 aromatic carbocycles. The van der Waals surface area contributed by atoms with Gasteiger partial charge in [0, 0.05) is 36.3 Å². The Hall–Kier alpha value is -1.79. The first kappa shape index (κ1) is 13.6. The number of hydrogen-bond acceptors (Lipinski definition) is 5. The molecule has 0 fully saturated rings. The quantitative estimate of drug-likeness (QED) is 0.651. The second-order valence-corrected chi connectivity index (χ2v) is 5.30. The minimum Gasteiger partial charge on any atom is -0.306 e. The van der Waals surface area contributed by atoms with Crippen LogP contribution in [0.25, 0.3) is 0 Å². The number of benzene rings is 1. The molecule has 2 aromatic rings. The standard InChI is InChI=1S/C13H15N3O2S/c1-2-12-8-15-13(19-12)9-14-7-10-4-3-5-11(6-10)16(17)18/h3-6,8,14H,2,7,9H2,1H3. The van der Waals surface area contributed by atoms with E-state index < -0.39 is 0 Å². The average molecular weight is 277 g/mol. The van der Waals surface area contributed by atoms with Crippen molar-refractivity contribution in [3.8, 4) is 0 Å². The molecule has 0 amide bonds. The Labute approximate surface area is 115 Å². The zero-order valence-electron chi connectivity index (χ0n) is 10.6. The number of rotatable bonds is 6. The number of hydrogen-bond donors (Lipinski definition) is 1. The number of nitro groups is 1. The van der Waals surface area contributed by atoms with Gasteiger partial charge in [-0.3, -0.25) is 10.1 Å². The molecule has 0 saturated heterocycles. The predicted octanol–water partition coefficient (Wildman–Crippen LogP) is 2.90. The Balaban J connectivity index is 1.88. The molecule has 1 N–H and O–H groups in total. The van der Waals surface area contributed by atoms with Crippen LogP contribution in [-0.4, -0.2) is 9.91 Å². The van der Waals surface area contributed by atoms with E-state index in [1.54, 1.807) is 23.5 Å². The van der Waals surface area contributed by atoms with Gasteiger partial charge in [-0.15, -0.1) is 11.3 Å². The molecule has 0 spiro atoms. The van der Waals surface area contributed by atoms with Gasteiger partial charge in [-0.25, -0.2) is 4.98 Å². The minimum atomic E-state index is -0.377. The van der Waals surface area contributed by atoms with Crippen LogP contribution in [0.5, 0.6) is 0 Å². The number of aryl methyl sites for hydroxylation is 1. The van der Waals surface area contributed by atoms with Crippen LogP contribution in [0.3, 0.4) is 0 Å². The summed E-state index contributed by atoms with van der Waals surface area (Å²) in [6.07, 6.45) is 2.90. The Morgan fingerprint density at radius 3 is 2.95 bits per heavy atom. The maximum Gasteiger partial charge on any atom is 0.269 e. The first-order valence-electron chi connectivity index (χ1n) is 6.06. The Morgan fingerprint density at radius 1 is 1.42 bits per heavy atom. The van der Waals surface area contributed by atoms with Crippen LogP contribution in [0.4, 0.5) is 5.69 Å². The average Bonchev–Trinajstić information content (AvgIpc) is 2.87. The highest BCUT2D eigenvalue weighted by atomic mass is 32.1. The Kier molecular flexibility index (Phi) is 4.59. The summed E-state index contributed by atoms with van der Waals surface area (Å²) in [5.41, 5.74) is 1.03. The molecule has 2 rings (SSSR count). The van der Waals surface area contributed by atoms with Crippen molar-refractivity contribution < 1.29 is 4.92 Å². The van der Waals surface area contributed by atoms with E-state index in [4.69, 9.17) is 0 Å². The van der Waals surface area contributed by atoms with Crippen molar-refractivity contribution in [1.29, 1.82) is 0 Å². The van der Waals surface area contributed by atoms with Crippen LogP contribution in [-0.2, 0) is 19.5 Å². The van der Waals surface area contributed by atoms with Crippen molar-refractivity contribution in [3.63, 3.8) is 0 Å². The molecule has 6 heteroatoms. The van der Waals surface area contributed by atoms with Crippen LogP contribution in [0, 0.1) is 10.1 Å². The van der Waals surface area contributed by atoms with Gasteiger partial charge in [0.1, 0.15) is 5.01 Å². The van der Waals surface area contributed by atoms with Gasteiger partial charge in [-0.05, 0) is 12.0 Å². The van der Waals surface area contributed by atoms with Crippen LogP contribution in [0.15, 0.2) is 30.5 Å². The summed E-state index contributed by atoms with van der Waals surface area (Å²) >= 11 is 1.69. The topological polar surface area (TPSA) is 68.1 Å². The molecule has 100 valence electrons. The summed E-state index contributed by atoms with van der Waals surface area (Å²) in [7, 11) is 0. The van der Waals surface area contributed by atoms with Gasteiger partial charge in [-0.2, -0.15) is 0 Å². The first-order chi connectivity index (χ1) is 9.19. The second kappa shape index (κ2) is 6.40. The van der Waals surface area contributed by atoms with Crippen molar-refractivity contribution in [2.75, 3.05) is 0 Å². The van der Waals surface area contributed by atoms with E-state index in [-0.39, 0.29) is 10.6 Å². The fourth-order valence-electron chi connectivity index (χ4n) is 1.69. The highest BCUT2D eigenvalue weighted by Gasteiger charge is 2.05. The number of thiazole rings is 1. The van der Waals surface area contributed by atoms with Gasteiger partial charge in [0.05, 0.1) is 4.92 Å². The van der Waals surface area contributed by atoms with E-state index in [1.807, 2.05) is 12.3 Å². The van der Waals surface area contributed by atoms with Gasteiger partial charge in [0.15, 0.2) is 0 Å². The van der Waals surface area contributed by atoms with E-state index in [0.29, 0.717) is 13.1 Å². The summed E-state index contributed by atoms with van der Waals surface area (Å²) in [4.78, 5) is 15.9. The first-order valence-corrected chi connectivity index (χ1v) is 6.88. The zero-order valence-corrected chi connectivity index (χ0v) is 11.4. The van der Waals surface area contributed by atoms with Gasteiger partial charge >= 0.3 is 0 Å². The van der Waals surface area contributed by atoms with E-state index in [9.17, 15) is 10.1 Å². The fraction of sp³-hybridized carbons (Fsp3) is 0.308. The maximum absolute atomic E-state index is 10.7. The lowest BCUT2D eigenvalue weighted by atomic mass is 10.2. The summed E-state index contributed by atoms with van der Waals surface area (Å²) < 4.78 is 0. The third-order valence-electron chi connectivity index (χ3n) is 2.68. The van der Waals surface area contributed by atoms with Gasteiger partial charge in [0.25, 0.3) is 5.69 Å². The maximum atomic E-state index is 10.7. The summed E-state index contributed by atoms with van der Waals surface area (Å²) in [5.74, 6) is 0. The van der Waals surface area contributed by atoms with E-state index >= 15 is 0 Å². The highest BCUT2D eigenvalue weighted by molar-refractivity contribution is 7.11. The normalized spacial score (nSPS) is 10.6. The summed E-state index contributed by atoms with van der Waals surface area (Å²) in [6.45, 7) is 3.39. The molecule has 0 aliphatic carbocycles. The number of aromatic nitrogens is 1. The lowest BCUT2D eigenvalue weighted by Crippen LogP contribution is -2.12. The third-order valence-corrected chi connectivity index (χ3v) is 3.82. The molecular weight excluding hydrogens is 262 g/mol. The van der Waals surface area contributed by atoms with Gasteiger partial charge in [-0.1, -0.05) is 19.1 Å². The fourth-order valence-corrected chi connectivity index (χ4v) is 2.52. The van der Waals surface area contributed by atoms with Crippen LogP contribution >= 0.6 is 11.3 Å². The van der Waals surface area contributed by atoms with Crippen LogP contribution < -0.4 is 5.32 Å². The predicted molar refractivity (Wildman–Crippen MR) is 75.1 cm³/mol. The number of nitro benzene ring substituents is 1. The number of non-ortho nitro benzene ring substituents is 1. The van der Waals surface area contributed by atoms with Gasteiger partial charge < -0.3 is 5.32 Å². The molecule has 0 aliphatic heterocycles. The molecule has 0 atom stereocenters. The van der Waals surface area contributed by atoms with Crippen LogP contribution in [0.2, 0.25) is 0 Å². The van der Waals surface area contributed by atoms with Crippen molar-refractivity contribution in [2.45, 2.75) is 26.4 Å². The minimum absolute atomic E-state index is 0.127. The number of nitrogens with one attached hydrogen (secondary N) is 1. The molecule has 0 unspecified atom stereocenters. The molecule has 0 aliphatic rings. The SMILES string of the molecule is CCc1cnc(CNCc2cccc([N+](=O)[O-])c2)s1.